The van der Waals surface area contributed by atoms with E-state index in [1.54, 1.807) is 46.2 Å². The number of ether oxygens (including phenoxy) is 1. The molecule has 2 N–H and O–H groups in total. The number of rotatable bonds is 7. The first-order chi connectivity index (χ1) is 17.4. The highest BCUT2D eigenvalue weighted by Gasteiger charge is 2.30. The summed E-state index contributed by atoms with van der Waals surface area (Å²) in [6, 6.07) is 8.72. The lowest BCUT2D eigenvalue weighted by Gasteiger charge is -2.30. The topological polar surface area (TPSA) is 121 Å². The average molecular weight is 514 g/mol. The maximum Gasteiger partial charge on any atom is 0.251 e. The molecule has 0 bridgehead atoms. The summed E-state index contributed by atoms with van der Waals surface area (Å²) in [7, 11) is 0. The number of pyridine rings is 1. The molecule has 1 aromatic carbocycles. The van der Waals surface area contributed by atoms with Crippen LogP contribution in [-0.4, -0.2) is 72.4 Å². The summed E-state index contributed by atoms with van der Waals surface area (Å²) in [6.45, 7) is 2.19. The lowest BCUT2D eigenvalue weighted by molar-refractivity contribution is -0.138. The molecule has 2 saturated heterocycles. The minimum Gasteiger partial charge on any atom is -0.378 e. The zero-order valence-corrected chi connectivity index (χ0v) is 20.5. The van der Waals surface area contributed by atoms with Gasteiger partial charge in [-0.25, -0.2) is 4.98 Å². The molecule has 0 aliphatic carbocycles. The van der Waals surface area contributed by atoms with Crippen LogP contribution in [0.4, 0.5) is 11.5 Å². The second-order valence-electron chi connectivity index (χ2n) is 8.63. The molecule has 1 atom stereocenters. The summed E-state index contributed by atoms with van der Waals surface area (Å²) in [4.78, 5) is 58.4. The maximum atomic E-state index is 13.2. The molecule has 190 valence electrons. The van der Waals surface area contributed by atoms with E-state index < -0.39 is 17.9 Å². The van der Waals surface area contributed by atoms with Crippen molar-refractivity contribution in [1.29, 1.82) is 0 Å². The molecule has 4 rings (SSSR count). The fourth-order valence-electron chi connectivity index (χ4n) is 4.15. The first-order valence-electron chi connectivity index (χ1n) is 11.9. The zero-order chi connectivity index (χ0) is 25.5. The highest BCUT2D eigenvalue weighted by Crippen LogP contribution is 2.21. The predicted molar refractivity (Wildman–Crippen MR) is 134 cm³/mol. The molecule has 2 aromatic rings. The number of benzene rings is 1. The molecule has 0 spiro atoms. The summed E-state index contributed by atoms with van der Waals surface area (Å²) < 4.78 is 5.31. The van der Waals surface area contributed by atoms with E-state index in [1.807, 2.05) is 0 Å². The molecule has 1 unspecified atom stereocenters. The van der Waals surface area contributed by atoms with Crippen molar-refractivity contribution in [2.75, 3.05) is 43.1 Å². The Morgan fingerprint density at radius 2 is 1.78 bits per heavy atom. The maximum absolute atomic E-state index is 13.2. The number of carbonyl (C=O) groups excluding carboxylic acids is 4. The second-order valence-corrected chi connectivity index (χ2v) is 9.06. The number of carbonyl (C=O) groups is 4. The van der Waals surface area contributed by atoms with Gasteiger partial charge in [-0.1, -0.05) is 11.6 Å². The largest absolute Gasteiger partial charge is 0.378 e. The van der Waals surface area contributed by atoms with Crippen LogP contribution in [0.2, 0.25) is 5.02 Å². The number of hydrogen-bond donors (Lipinski definition) is 2. The van der Waals surface area contributed by atoms with Gasteiger partial charge in [-0.15, -0.1) is 0 Å². The summed E-state index contributed by atoms with van der Waals surface area (Å²) in [5, 5.41) is 5.76. The van der Waals surface area contributed by atoms with E-state index in [4.69, 9.17) is 16.3 Å². The molecule has 4 amide bonds. The molecule has 10 nitrogen and oxygen atoms in total. The van der Waals surface area contributed by atoms with E-state index in [1.165, 1.54) is 6.20 Å². The van der Waals surface area contributed by atoms with Crippen molar-refractivity contribution in [2.45, 2.75) is 31.7 Å². The van der Waals surface area contributed by atoms with E-state index in [9.17, 15) is 19.2 Å². The number of piperidine rings is 1. The molecule has 2 aliphatic rings. The number of aromatic nitrogens is 1. The molecule has 2 fully saturated rings. The zero-order valence-electron chi connectivity index (χ0n) is 19.7. The highest BCUT2D eigenvalue weighted by atomic mass is 35.5. The number of halogens is 1. The number of hydrogen-bond acceptors (Lipinski definition) is 6. The molecule has 2 aliphatic heterocycles. The fraction of sp³-hybridized carbons (Fsp3) is 0.400. The van der Waals surface area contributed by atoms with Gasteiger partial charge >= 0.3 is 0 Å². The van der Waals surface area contributed by atoms with Crippen LogP contribution in [0, 0.1) is 0 Å². The molecule has 3 heterocycles. The third kappa shape index (κ3) is 6.58. The minimum absolute atomic E-state index is 0.0656. The van der Waals surface area contributed by atoms with Crippen LogP contribution < -0.4 is 15.5 Å². The van der Waals surface area contributed by atoms with Gasteiger partial charge in [0.1, 0.15) is 11.9 Å². The first kappa shape index (κ1) is 25.6. The van der Waals surface area contributed by atoms with Crippen molar-refractivity contribution >= 4 is 46.7 Å². The van der Waals surface area contributed by atoms with Crippen molar-refractivity contribution in [3.63, 3.8) is 0 Å². The number of anilines is 2. The summed E-state index contributed by atoms with van der Waals surface area (Å²) in [5.41, 5.74) is 1.05. The normalized spacial score (nSPS) is 16.9. The Hall–Kier alpha value is -3.50. The third-order valence-corrected chi connectivity index (χ3v) is 6.30. The molecule has 0 saturated carbocycles. The number of nitrogens with zero attached hydrogens (tertiary/aromatic N) is 3. The molecule has 36 heavy (non-hydrogen) atoms. The Morgan fingerprint density at radius 1 is 1.03 bits per heavy atom. The summed E-state index contributed by atoms with van der Waals surface area (Å²) in [5.74, 6) is -0.973. The number of morpholine rings is 1. The second kappa shape index (κ2) is 12.0. The van der Waals surface area contributed by atoms with Gasteiger partial charge in [0.2, 0.25) is 17.7 Å². The Labute approximate surface area is 213 Å². The van der Waals surface area contributed by atoms with E-state index in [2.05, 4.69) is 15.6 Å². The van der Waals surface area contributed by atoms with Crippen LogP contribution in [0.1, 0.15) is 36.0 Å². The highest BCUT2D eigenvalue weighted by molar-refractivity contribution is 6.30. The van der Waals surface area contributed by atoms with Gasteiger partial charge in [-0.3, -0.25) is 19.2 Å². The Kier molecular flexibility index (Phi) is 8.50. The summed E-state index contributed by atoms with van der Waals surface area (Å²) >= 11 is 5.83. The van der Waals surface area contributed by atoms with Crippen molar-refractivity contribution in [1.82, 2.24) is 15.2 Å². The van der Waals surface area contributed by atoms with Gasteiger partial charge in [0.05, 0.1) is 24.7 Å². The Bertz CT molecular complexity index is 1100. The van der Waals surface area contributed by atoms with Gasteiger partial charge in [0, 0.05) is 43.5 Å². The fourth-order valence-corrected chi connectivity index (χ4v) is 4.26. The lowest BCUT2D eigenvalue weighted by atomic mass is 10.1. The lowest BCUT2D eigenvalue weighted by Crippen LogP contribution is -2.52. The van der Waals surface area contributed by atoms with Crippen molar-refractivity contribution in [2.24, 2.45) is 0 Å². The molecular formula is C25H28ClN5O5. The monoisotopic (exact) mass is 513 g/mol. The Morgan fingerprint density at radius 3 is 2.44 bits per heavy atom. The van der Waals surface area contributed by atoms with E-state index in [0.29, 0.717) is 49.9 Å². The van der Waals surface area contributed by atoms with E-state index in [0.717, 1.165) is 18.5 Å². The van der Waals surface area contributed by atoms with E-state index >= 15 is 0 Å². The van der Waals surface area contributed by atoms with Gasteiger partial charge in [-0.05, 0) is 49.2 Å². The van der Waals surface area contributed by atoms with Crippen molar-refractivity contribution in [3.8, 4) is 0 Å². The third-order valence-electron chi connectivity index (χ3n) is 6.08. The molecule has 11 heteroatoms. The van der Waals surface area contributed by atoms with Crippen LogP contribution in [0.25, 0.3) is 0 Å². The quantitative estimate of drug-likeness (QED) is 0.585. The van der Waals surface area contributed by atoms with Crippen molar-refractivity contribution in [3.05, 3.63) is 53.2 Å². The van der Waals surface area contributed by atoms with Crippen LogP contribution >= 0.6 is 11.6 Å². The predicted octanol–water partition coefficient (Wildman–Crippen LogP) is 2.24. The van der Waals surface area contributed by atoms with Gasteiger partial charge in [0.15, 0.2) is 0 Å². The average Bonchev–Trinajstić information content (AvgIpc) is 2.90. The minimum atomic E-state index is -1.08. The molecular weight excluding hydrogens is 486 g/mol. The van der Waals surface area contributed by atoms with Crippen LogP contribution in [0.3, 0.4) is 0 Å². The van der Waals surface area contributed by atoms with Crippen LogP contribution in [0.15, 0.2) is 42.6 Å². The first-order valence-corrected chi connectivity index (χ1v) is 12.3. The van der Waals surface area contributed by atoms with Gasteiger partial charge < -0.3 is 25.2 Å². The SMILES string of the molecule is O=C(CC(NC(=O)c1ccc(N2CCCCC2=O)cc1)C(=O)N1CCOCC1)Nc1ccc(Cl)cn1. The van der Waals surface area contributed by atoms with Crippen LogP contribution in [-0.2, 0) is 19.1 Å². The standard InChI is InChI=1S/C25H28ClN5O5/c26-18-6-9-21(27-16-18)29-22(32)15-20(25(35)30-11-13-36-14-12-30)28-24(34)17-4-7-19(8-5-17)31-10-2-1-3-23(31)33/h4-9,16,20H,1-3,10-15H2,(H,28,34)(H,27,29,32). The van der Waals surface area contributed by atoms with E-state index in [-0.39, 0.29) is 24.1 Å². The summed E-state index contributed by atoms with van der Waals surface area (Å²) in [6.07, 6.45) is 3.47. The smallest absolute Gasteiger partial charge is 0.251 e. The van der Waals surface area contributed by atoms with Gasteiger partial charge in [-0.2, -0.15) is 0 Å². The van der Waals surface area contributed by atoms with Crippen LogP contribution in [0.5, 0.6) is 0 Å². The Balaban J connectivity index is 1.45. The molecule has 0 radical (unpaired) electrons. The van der Waals surface area contributed by atoms with Crippen molar-refractivity contribution < 1.29 is 23.9 Å². The number of amides is 4. The van der Waals surface area contributed by atoms with Gasteiger partial charge in [0.25, 0.3) is 5.91 Å². The molecule has 1 aromatic heterocycles. The number of nitrogens with one attached hydrogen (secondary N) is 2.